The zero-order chi connectivity index (χ0) is 18.9. The smallest absolute Gasteiger partial charge is 0.413 e. The standard InChI is InChI=1S/C17H23N3O6/c1-3-20(10-16(22)19-17(23)24-4-2)9-15(21)18-8-12-5-6-13-14(7-12)26-11-25-13/h5-7H,3-4,8-11H2,1-2H3,(H,18,21)(H,19,22,23). The zero-order valence-corrected chi connectivity index (χ0v) is 14.9. The number of hydrogen-bond acceptors (Lipinski definition) is 7. The van der Waals surface area contributed by atoms with Crippen LogP contribution >= 0.6 is 0 Å². The van der Waals surface area contributed by atoms with Gasteiger partial charge in [0.2, 0.25) is 18.6 Å². The summed E-state index contributed by atoms with van der Waals surface area (Å²) in [5.41, 5.74) is 0.880. The molecular weight excluding hydrogens is 342 g/mol. The van der Waals surface area contributed by atoms with Crippen LogP contribution in [0.1, 0.15) is 19.4 Å². The van der Waals surface area contributed by atoms with Crippen molar-refractivity contribution in [1.82, 2.24) is 15.5 Å². The fourth-order valence-electron chi connectivity index (χ4n) is 2.31. The molecule has 26 heavy (non-hydrogen) atoms. The van der Waals surface area contributed by atoms with E-state index < -0.39 is 12.0 Å². The highest BCUT2D eigenvalue weighted by Gasteiger charge is 2.16. The monoisotopic (exact) mass is 365 g/mol. The number of benzene rings is 1. The minimum atomic E-state index is -0.791. The van der Waals surface area contributed by atoms with E-state index in [-0.39, 0.29) is 32.4 Å². The maximum absolute atomic E-state index is 12.1. The van der Waals surface area contributed by atoms with Gasteiger partial charge in [0.05, 0.1) is 19.7 Å². The molecule has 142 valence electrons. The first-order valence-corrected chi connectivity index (χ1v) is 8.36. The first-order valence-electron chi connectivity index (χ1n) is 8.36. The highest BCUT2D eigenvalue weighted by Crippen LogP contribution is 2.32. The van der Waals surface area contributed by atoms with Gasteiger partial charge in [-0.3, -0.25) is 19.8 Å². The van der Waals surface area contributed by atoms with Crippen molar-refractivity contribution >= 4 is 17.9 Å². The third kappa shape index (κ3) is 5.92. The number of ether oxygens (including phenoxy) is 3. The Hall–Kier alpha value is -2.81. The van der Waals surface area contributed by atoms with Crippen LogP contribution in [0, 0.1) is 0 Å². The van der Waals surface area contributed by atoms with Gasteiger partial charge in [0.1, 0.15) is 0 Å². The van der Waals surface area contributed by atoms with Gasteiger partial charge in [0.25, 0.3) is 0 Å². The number of alkyl carbamates (subject to hydrolysis) is 1. The molecule has 1 aliphatic heterocycles. The quantitative estimate of drug-likeness (QED) is 0.696. The fourth-order valence-corrected chi connectivity index (χ4v) is 2.31. The number of fused-ring (bicyclic) bond motifs is 1. The lowest BCUT2D eigenvalue weighted by Crippen LogP contribution is -2.44. The molecule has 0 fully saturated rings. The molecular formula is C17H23N3O6. The Balaban J connectivity index is 1.76. The van der Waals surface area contributed by atoms with Gasteiger partial charge in [-0.2, -0.15) is 0 Å². The van der Waals surface area contributed by atoms with E-state index in [1.807, 2.05) is 19.1 Å². The second kappa shape index (κ2) is 9.62. The van der Waals surface area contributed by atoms with Crippen molar-refractivity contribution < 1.29 is 28.6 Å². The van der Waals surface area contributed by atoms with Gasteiger partial charge in [-0.05, 0) is 31.2 Å². The van der Waals surface area contributed by atoms with Crippen LogP contribution in [0.5, 0.6) is 11.5 Å². The first kappa shape index (κ1) is 19.5. The van der Waals surface area contributed by atoms with Crippen molar-refractivity contribution in [2.24, 2.45) is 0 Å². The molecule has 0 spiro atoms. The van der Waals surface area contributed by atoms with Gasteiger partial charge >= 0.3 is 6.09 Å². The van der Waals surface area contributed by atoms with Crippen molar-refractivity contribution in [1.29, 1.82) is 0 Å². The Labute approximate surface area is 151 Å². The Bertz CT molecular complexity index is 664. The summed E-state index contributed by atoms with van der Waals surface area (Å²) in [7, 11) is 0. The zero-order valence-electron chi connectivity index (χ0n) is 14.9. The van der Waals surface area contributed by atoms with Crippen LogP contribution in [0.2, 0.25) is 0 Å². The summed E-state index contributed by atoms with van der Waals surface area (Å²) in [6.45, 7) is 4.62. The van der Waals surface area contributed by atoms with Crippen LogP contribution in [0.25, 0.3) is 0 Å². The minimum absolute atomic E-state index is 0.0390. The molecule has 0 atom stereocenters. The van der Waals surface area contributed by atoms with E-state index in [2.05, 4.69) is 15.4 Å². The van der Waals surface area contributed by atoms with E-state index in [0.717, 1.165) is 5.56 Å². The van der Waals surface area contributed by atoms with E-state index in [1.54, 1.807) is 17.9 Å². The largest absolute Gasteiger partial charge is 0.454 e. The summed E-state index contributed by atoms with van der Waals surface area (Å²) in [4.78, 5) is 36.7. The van der Waals surface area contributed by atoms with Crippen LogP contribution in [0.4, 0.5) is 4.79 Å². The van der Waals surface area contributed by atoms with Gasteiger partial charge in [-0.15, -0.1) is 0 Å². The molecule has 0 aromatic heterocycles. The number of carbonyl (C=O) groups is 3. The van der Waals surface area contributed by atoms with Gasteiger partial charge in [0.15, 0.2) is 11.5 Å². The van der Waals surface area contributed by atoms with Gasteiger partial charge in [-0.25, -0.2) is 4.79 Å². The highest BCUT2D eigenvalue weighted by atomic mass is 16.7. The molecule has 0 saturated heterocycles. The lowest BCUT2D eigenvalue weighted by atomic mass is 10.2. The van der Waals surface area contributed by atoms with E-state index in [1.165, 1.54) is 0 Å². The number of hydrogen-bond donors (Lipinski definition) is 2. The minimum Gasteiger partial charge on any atom is -0.454 e. The van der Waals surface area contributed by atoms with Gasteiger partial charge in [-0.1, -0.05) is 13.0 Å². The molecule has 1 aromatic rings. The first-order chi connectivity index (χ1) is 12.5. The Morgan fingerprint density at radius 3 is 2.58 bits per heavy atom. The van der Waals surface area contributed by atoms with Crippen LogP contribution in [-0.4, -0.2) is 55.8 Å². The van der Waals surface area contributed by atoms with Crippen molar-refractivity contribution in [2.75, 3.05) is 33.0 Å². The molecule has 0 unspecified atom stereocenters. The number of likely N-dealkylation sites (N-methyl/N-ethyl adjacent to an activating group) is 1. The molecule has 1 heterocycles. The number of nitrogens with one attached hydrogen (secondary N) is 2. The van der Waals surface area contributed by atoms with E-state index in [9.17, 15) is 14.4 Å². The Morgan fingerprint density at radius 2 is 1.85 bits per heavy atom. The molecule has 0 radical (unpaired) electrons. The van der Waals surface area contributed by atoms with Crippen molar-refractivity contribution in [3.8, 4) is 11.5 Å². The van der Waals surface area contributed by atoms with Crippen molar-refractivity contribution in [3.05, 3.63) is 23.8 Å². The lowest BCUT2D eigenvalue weighted by Gasteiger charge is -2.19. The summed E-state index contributed by atoms with van der Waals surface area (Å²) in [5, 5.41) is 4.89. The van der Waals surface area contributed by atoms with E-state index >= 15 is 0 Å². The maximum Gasteiger partial charge on any atom is 0.413 e. The number of imide groups is 1. The Kier molecular flexibility index (Phi) is 7.22. The predicted octanol–water partition coefficient (Wildman–Crippen LogP) is 0.626. The summed E-state index contributed by atoms with van der Waals surface area (Å²) in [5.74, 6) is 0.592. The second-order valence-corrected chi connectivity index (χ2v) is 5.54. The SMILES string of the molecule is CCOC(=O)NC(=O)CN(CC)CC(=O)NCc1ccc2c(c1)OCO2. The normalized spacial score (nSPS) is 12.0. The molecule has 0 bridgehead atoms. The predicted molar refractivity (Wildman–Crippen MR) is 91.7 cm³/mol. The van der Waals surface area contributed by atoms with Crippen LogP contribution in [0.3, 0.4) is 0 Å². The third-order valence-electron chi connectivity index (χ3n) is 3.63. The molecule has 9 nitrogen and oxygen atoms in total. The molecule has 1 aliphatic rings. The molecule has 0 saturated carbocycles. The summed E-state index contributed by atoms with van der Waals surface area (Å²) in [6, 6.07) is 5.45. The fraction of sp³-hybridized carbons (Fsp3) is 0.471. The number of carbonyl (C=O) groups excluding carboxylic acids is 3. The van der Waals surface area contributed by atoms with E-state index in [4.69, 9.17) is 9.47 Å². The molecule has 2 N–H and O–H groups in total. The topological polar surface area (TPSA) is 106 Å². The average molecular weight is 365 g/mol. The van der Waals surface area contributed by atoms with Crippen LogP contribution in [0.15, 0.2) is 18.2 Å². The second-order valence-electron chi connectivity index (χ2n) is 5.54. The molecule has 3 amide bonds. The Morgan fingerprint density at radius 1 is 1.12 bits per heavy atom. The molecule has 1 aromatic carbocycles. The van der Waals surface area contributed by atoms with Crippen LogP contribution in [-0.2, 0) is 20.9 Å². The number of amides is 3. The maximum atomic E-state index is 12.1. The summed E-state index contributed by atoms with van der Waals surface area (Å²) >= 11 is 0. The van der Waals surface area contributed by atoms with Crippen LogP contribution < -0.4 is 20.1 Å². The lowest BCUT2D eigenvalue weighted by molar-refractivity contribution is -0.124. The van der Waals surface area contributed by atoms with Crippen molar-refractivity contribution in [2.45, 2.75) is 20.4 Å². The highest BCUT2D eigenvalue weighted by molar-refractivity contribution is 5.93. The summed E-state index contributed by atoms with van der Waals surface area (Å²) < 4.78 is 15.2. The third-order valence-corrected chi connectivity index (χ3v) is 3.63. The molecule has 0 aliphatic carbocycles. The van der Waals surface area contributed by atoms with E-state index in [0.29, 0.717) is 24.6 Å². The summed E-state index contributed by atoms with van der Waals surface area (Å²) in [6.07, 6.45) is -0.791. The number of nitrogens with zero attached hydrogens (tertiary/aromatic N) is 1. The molecule has 2 rings (SSSR count). The van der Waals surface area contributed by atoms with Gasteiger partial charge in [0, 0.05) is 6.54 Å². The average Bonchev–Trinajstić information content (AvgIpc) is 3.07. The van der Waals surface area contributed by atoms with Crippen molar-refractivity contribution in [3.63, 3.8) is 0 Å². The van der Waals surface area contributed by atoms with Gasteiger partial charge < -0.3 is 19.5 Å². The number of rotatable bonds is 8. The molecule has 9 heteroatoms.